The average Bonchev–Trinajstić information content (AvgIpc) is 2.78. The van der Waals surface area contributed by atoms with Crippen LogP contribution in [0.5, 0.6) is 0 Å². The molecule has 0 aliphatic carbocycles. The first-order chi connectivity index (χ1) is 8.23. The van der Waals surface area contributed by atoms with Crippen LogP contribution in [0.4, 0.5) is 5.13 Å². The zero-order chi connectivity index (χ0) is 12.3. The maximum Gasteiger partial charge on any atom is 0.184 e. The number of fused-ring (bicyclic) bond motifs is 1. The molecule has 2 aromatic rings. The van der Waals surface area contributed by atoms with E-state index in [4.69, 9.17) is 11.6 Å². The number of anilines is 1. The standard InChI is InChI=1S/C13H17ClN2S/c1-3-13(4-2,9-14)16-12-15-10-7-5-6-8-11(10)17-12/h5-8H,3-4,9H2,1-2H3,(H,15,16). The molecular weight excluding hydrogens is 252 g/mol. The lowest BCUT2D eigenvalue weighted by molar-refractivity contribution is 0.484. The fourth-order valence-corrected chi connectivity index (χ4v) is 3.23. The predicted octanol–water partition coefficient (Wildman–Crippen LogP) is 4.51. The molecule has 92 valence electrons. The molecule has 17 heavy (non-hydrogen) atoms. The highest BCUT2D eigenvalue weighted by Crippen LogP contribution is 2.30. The van der Waals surface area contributed by atoms with E-state index in [0.29, 0.717) is 5.88 Å². The van der Waals surface area contributed by atoms with Crippen LogP contribution in [0.1, 0.15) is 26.7 Å². The Morgan fingerprint density at radius 2 is 2.00 bits per heavy atom. The second-order valence-corrected chi connectivity index (χ2v) is 5.53. The van der Waals surface area contributed by atoms with Gasteiger partial charge in [-0.25, -0.2) is 4.98 Å². The Morgan fingerprint density at radius 3 is 2.59 bits per heavy atom. The molecule has 0 aliphatic rings. The fourth-order valence-electron chi connectivity index (χ4n) is 1.80. The van der Waals surface area contributed by atoms with E-state index in [2.05, 4.69) is 30.2 Å². The van der Waals surface area contributed by atoms with Crippen LogP contribution >= 0.6 is 22.9 Å². The molecule has 0 saturated carbocycles. The average molecular weight is 269 g/mol. The number of para-hydroxylation sites is 1. The smallest absolute Gasteiger partial charge is 0.184 e. The van der Waals surface area contributed by atoms with Gasteiger partial charge >= 0.3 is 0 Å². The number of alkyl halides is 1. The molecule has 1 aromatic carbocycles. The van der Waals surface area contributed by atoms with Crippen molar-refractivity contribution in [2.45, 2.75) is 32.2 Å². The Labute approximate surface area is 111 Å². The molecule has 0 saturated heterocycles. The Kier molecular flexibility index (Phi) is 3.89. The monoisotopic (exact) mass is 268 g/mol. The normalized spacial score (nSPS) is 11.9. The van der Waals surface area contributed by atoms with Crippen molar-refractivity contribution >= 4 is 38.3 Å². The molecule has 0 atom stereocenters. The van der Waals surface area contributed by atoms with Gasteiger partial charge in [0.1, 0.15) is 0 Å². The summed E-state index contributed by atoms with van der Waals surface area (Å²) in [6.45, 7) is 4.32. The van der Waals surface area contributed by atoms with E-state index in [-0.39, 0.29) is 5.54 Å². The third-order valence-corrected chi connectivity index (χ3v) is 4.74. The molecule has 4 heteroatoms. The van der Waals surface area contributed by atoms with Crippen LogP contribution in [0.25, 0.3) is 10.2 Å². The Hall–Kier alpha value is -0.800. The minimum absolute atomic E-state index is 0.0323. The van der Waals surface area contributed by atoms with Gasteiger partial charge in [-0.2, -0.15) is 0 Å². The van der Waals surface area contributed by atoms with Crippen LogP contribution in [0, 0.1) is 0 Å². The quantitative estimate of drug-likeness (QED) is 0.808. The van der Waals surface area contributed by atoms with Gasteiger partial charge < -0.3 is 5.32 Å². The minimum atomic E-state index is -0.0323. The van der Waals surface area contributed by atoms with Crippen molar-refractivity contribution in [3.05, 3.63) is 24.3 Å². The first kappa shape index (κ1) is 12.7. The number of halogens is 1. The molecule has 0 bridgehead atoms. The zero-order valence-corrected chi connectivity index (χ0v) is 11.7. The van der Waals surface area contributed by atoms with Crippen molar-refractivity contribution in [1.82, 2.24) is 4.98 Å². The topological polar surface area (TPSA) is 24.9 Å². The molecule has 0 aliphatic heterocycles. The lowest BCUT2D eigenvalue weighted by Gasteiger charge is -2.30. The number of nitrogens with one attached hydrogen (secondary N) is 1. The molecular formula is C13H17ClN2S. The number of aromatic nitrogens is 1. The number of hydrogen-bond acceptors (Lipinski definition) is 3. The molecule has 1 heterocycles. The SMILES string of the molecule is CCC(CC)(CCl)Nc1nc2ccccc2s1. The number of rotatable bonds is 5. The second kappa shape index (κ2) is 5.23. The van der Waals surface area contributed by atoms with Gasteiger partial charge in [0.05, 0.1) is 15.8 Å². The van der Waals surface area contributed by atoms with Crippen molar-refractivity contribution in [3.63, 3.8) is 0 Å². The van der Waals surface area contributed by atoms with Gasteiger partial charge in [-0.1, -0.05) is 37.3 Å². The third-order valence-electron chi connectivity index (χ3n) is 3.28. The van der Waals surface area contributed by atoms with Crippen LogP contribution in [-0.4, -0.2) is 16.4 Å². The summed E-state index contributed by atoms with van der Waals surface area (Å²) in [7, 11) is 0. The summed E-state index contributed by atoms with van der Waals surface area (Å²) in [6, 6.07) is 8.19. The van der Waals surface area contributed by atoms with E-state index in [9.17, 15) is 0 Å². The second-order valence-electron chi connectivity index (χ2n) is 4.23. The Balaban J connectivity index is 2.28. The van der Waals surface area contributed by atoms with Gasteiger partial charge in [-0.05, 0) is 25.0 Å². The van der Waals surface area contributed by atoms with Crippen molar-refractivity contribution in [1.29, 1.82) is 0 Å². The van der Waals surface area contributed by atoms with E-state index >= 15 is 0 Å². The highest BCUT2D eigenvalue weighted by Gasteiger charge is 2.25. The predicted molar refractivity (Wildman–Crippen MR) is 77.3 cm³/mol. The number of thiazole rings is 1. The highest BCUT2D eigenvalue weighted by molar-refractivity contribution is 7.22. The molecule has 1 N–H and O–H groups in total. The third kappa shape index (κ3) is 2.55. The lowest BCUT2D eigenvalue weighted by Crippen LogP contribution is -2.38. The molecule has 0 radical (unpaired) electrons. The van der Waals surface area contributed by atoms with Crippen molar-refractivity contribution < 1.29 is 0 Å². The maximum atomic E-state index is 6.09. The minimum Gasteiger partial charge on any atom is -0.355 e. The van der Waals surface area contributed by atoms with Gasteiger partial charge in [-0.3, -0.25) is 0 Å². The van der Waals surface area contributed by atoms with Gasteiger partial charge in [-0.15, -0.1) is 11.6 Å². The van der Waals surface area contributed by atoms with E-state index < -0.39 is 0 Å². The summed E-state index contributed by atoms with van der Waals surface area (Å²) in [4.78, 5) is 4.59. The van der Waals surface area contributed by atoms with Crippen LogP contribution in [0.3, 0.4) is 0 Å². The summed E-state index contributed by atoms with van der Waals surface area (Å²) in [6.07, 6.45) is 2.01. The lowest BCUT2D eigenvalue weighted by atomic mass is 9.96. The Bertz CT molecular complexity index is 450. The molecule has 0 amide bonds. The molecule has 2 rings (SSSR count). The largest absolute Gasteiger partial charge is 0.355 e. The van der Waals surface area contributed by atoms with Crippen molar-refractivity contribution in [2.24, 2.45) is 0 Å². The van der Waals surface area contributed by atoms with E-state index in [1.807, 2.05) is 18.2 Å². The van der Waals surface area contributed by atoms with Gasteiger partial charge in [0.15, 0.2) is 5.13 Å². The number of benzene rings is 1. The van der Waals surface area contributed by atoms with Gasteiger partial charge in [0.25, 0.3) is 0 Å². The summed E-state index contributed by atoms with van der Waals surface area (Å²) in [5.74, 6) is 0.607. The van der Waals surface area contributed by atoms with Crippen LogP contribution < -0.4 is 5.32 Å². The number of nitrogens with zero attached hydrogens (tertiary/aromatic N) is 1. The van der Waals surface area contributed by atoms with Gasteiger partial charge in [0.2, 0.25) is 0 Å². The summed E-state index contributed by atoms with van der Waals surface area (Å²) in [5, 5.41) is 4.47. The first-order valence-electron chi connectivity index (χ1n) is 5.92. The summed E-state index contributed by atoms with van der Waals surface area (Å²) < 4.78 is 1.21. The molecule has 0 fully saturated rings. The molecule has 2 nitrogen and oxygen atoms in total. The van der Waals surface area contributed by atoms with Gasteiger partial charge in [0, 0.05) is 5.88 Å². The van der Waals surface area contributed by atoms with E-state index in [0.717, 1.165) is 23.5 Å². The van der Waals surface area contributed by atoms with Crippen LogP contribution in [0.15, 0.2) is 24.3 Å². The molecule has 0 unspecified atom stereocenters. The van der Waals surface area contributed by atoms with Crippen molar-refractivity contribution in [2.75, 3.05) is 11.2 Å². The van der Waals surface area contributed by atoms with E-state index in [1.54, 1.807) is 11.3 Å². The van der Waals surface area contributed by atoms with Crippen molar-refractivity contribution in [3.8, 4) is 0 Å². The fraction of sp³-hybridized carbons (Fsp3) is 0.462. The number of hydrogen-bond donors (Lipinski definition) is 1. The zero-order valence-electron chi connectivity index (χ0n) is 10.2. The summed E-state index contributed by atoms with van der Waals surface area (Å²) in [5.41, 5.74) is 1.02. The molecule has 1 aromatic heterocycles. The summed E-state index contributed by atoms with van der Waals surface area (Å²) >= 11 is 7.78. The first-order valence-corrected chi connectivity index (χ1v) is 7.28. The highest BCUT2D eigenvalue weighted by atomic mass is 35.5. The van der Waals surface area contributed by atoms with Crippen LogP contribution in [0.2, 0.25) is 0 Å². The Morgan fingerprint density at radius 1 is 1.29 bits per heavy atom. The molecule has 0 spiro atoms. The van der Waals surface area contributed by atoms with Crippen LogP contribution in [-0.2, 0) is 0 Å². The van der Waals surface area contributed by atoms with E-state index in [1.165, 1.54) is 4.70 Å². The maximum absolute atomic E-state index is 6.09.